The molecule has 5 fully saturated rings. The lowest BCUT2D eigenvalue weighted by atomic mass is 9.32. The van der Waals surface area contributed by atoms with E-state index in [0.717, 1.165) is 76.3 Å². The van der Waals surface area contributed by atoms with Gasteiger partial charge in [0.1, 0.15) is 5.82 Å². The Balaban J connectivity index is 1.12. The summed E-state index contributed by atoms with van der Waals surface area (Å²) in [6, 6.07) is 4.38. The number of amides is 1. The Hall–Kier alpha value is -2.20. The molecule has 4 N–H and O–H groups in total. The number of allylic oxidation sites excluding steroid dienone is 3. The minimum absolute atomic E-state index is 0.0216. The molecule has 1 amide bonds. The molecular formula is C44H65FN2O5S. The van der Waals surface area contributed by atoms with Crippen LogP contribution in [-0.2, 0) is 4.79 Å². The van der Waals surface area contributed by atoms with Gasteiger partial charge in [-0.05, 0) is 147 Å². The van der Waals surface area contributed by atoms with Crippen molar-refractivity contribution in [3.05, 3.63) is 53.4 Å². The first-order valence-corrected chi connectivity index (χ1v) is 22.3. The summed E-state index contributed by atoms with van der Waals surface area (Å²) >= 11 is 0. The largest absolute Gasteiger partial charge is 0.478 e. The van der Waals surface area contributed by atoms with Gasteiger partial charge in [0.2, 0.25) is 5.91 Å². The number of fused-ring (bicyclic) bond motifs is 7. The van der Waals surface area contributed by atoms with Crippen molar-refractivity contribution in [1.29, 1.82) is 0 Å². The monoisotopic (exact) mass is 752 g/mol. The van der Waals surface area contributed by atoms with Crippen LogP contribution in [0, 0.1) is 62.5 Å². The van der Waals surface area contributed by atoms with Crippen LogP contribution in [0.4, 0.5) is 4.39 Å². The number of hydrogen-bond donors (Lipinski definition) is 4. The van der Waals surface area contributed by atoms with Crippen LogP contribution in [0.1, 0.15) is 122 Å². The van der Waals surface area contributed by atoms with Gasteiger partial charge in [0, 0.05) is 25.2 Å². The topological polar surface area (TPSA) is 110 Å². The molecule has 1 saturated heterocycles. The van der Waals surface area contributed by atoms with Crippen molar-refractivity contribution >= 4 is 28.0 Å². The molecule has 1 aromatic rings. The normalized spacial score (nSPS) is 40.8. The van der Waals surface area contributed by atoms with Gasteiger partial charge in [0.05, 0.1) is 22.5 Å². The molecule has 7 nitrogen and oxygen atoms in total. The van der Waals surface area contributed by atoms with Crippen LogP contribution in [-0.4, -0.2) is 68.7 Å². The Bertz CT molecular complexity index is 1680. The van der Waals surface area contributed by atoms with Crippen LogP contribution in [0.15, 0.2) is 36.4 Å². The van der Waals surface area contributed by atoms with Gasteiger partial charge in [-0.1, -0.05) is 58.9 Å². The van der Waals surface area contributed by atoms with Gasteiger partial charge in [0.25, 0.3) is 0 Å². The van der Waals surface area contributed by atoms with Crippen molar-refractivity contribution in [3.63, 3.8) is 0 Å². The van der Waals surface area contributed by atoms with Crippen molar-refractivity contribution in [2.24, 2.45) is 56.7 Å². The molecular weight excluding hydrogens is 688 g/mol. The highest BCUT2D eigenvalue weighted by molar-refractivity contribution is 8.24. The van der Waals surface area contributed by atoms with Crippen LogP contribution >= 0.6 is 10.6 Å². The van der Waals surface area contributed by atoms with Gasteiger partial charge in [-0.25, -0.2) is 9.18 Å². The Morgan fingerprint density at radius 2 is 1.68 bits per heavy atom. The molecule has 1 heterocycles. The fourth-order valence-electron chi connectivity index (χ4n) is 14.1. The highest BCUT2D eigenvalue weighted by Gasteiger charge is 2.71. The third-order valence-corrected chi connectivity index (χ3v) is 18.7. The maximum absolute atomic E-state index is 15.5. The average molecular weight is 753 g/mol. The van der Waals surface area contributed by atoms with E-state index >= 15 is 4.39 Å². The number of rotatable bonds is 8. The number of carboxylic acid groups (broad SMARTS) is 1. The summed E-state index contributed by atoms with van der Waals surface area (Å²) in [4.78, 5) is 28.3. The highest BCUT2D eigenvalue weighted by atomic mass is 32.3. The van der Waals surface area contributed by atoms with E-state index in [9.17, 15) is 23.8 Å². The summed E-state index contributed by atoms with van der Waals surface area (Å²) < 4.78 is 35.5. The lowest BCUT2D eigenvalue weighted by molar-refractivity contribution is -0.225. The molecule has 294 valence electrons. The fourth-order valence-corrected chi connectivity index (χ4v) is 15.4. The maximum atomic E-state index is 15.5. The summed E-state index contributed by atoms with van der Waals surface area (Å²) in [5.74, 6) is 1.56. The SMILES string of the molecule is C=C(C)[C@@H]1CC[C@]2(C(=O)NCCCN3CCS(O)(O)CC3)CC[C@]3(C)[C@H](CC[C@@H]4[C@@]5(C)CC=C(c6ccc(C(=O)O)cc6F)C(C)(C)[C@@H]5CC[C@]43C)[C@@H]12. The molecule has 0 spiro atoms. The number of halogens is 1. The molecule has 1 aromatic carbocycles. The van der Waals surface area contributed by atoms with Crippen molar-refractivity contribution in [1.82, 2.24) is 10.2 Å². The van der Waals surface area contributed by atoms with Crippen molar-refractivity contribution in [2.45, 2.75) is 106 Å². The van der Waals surface area contributed by atoms with E-state index in [1.54, 1.807) is 6.07 Å². The summed E-state index contributed by atoms with van der Waals surface area (Å²) in [6.45, 7) is 21.9. The lowest BCUT2D eigenvalue weighted by Gasteiger charge is -2.72. The van der Waals surface area contributed by atoms with E-state index < -0.39 is 22.4 Å². The Kier molecular flexibility index (Phi) is 9.93. The van der Waals surface area contributed by atoms with Crippen LogP contribution < -0.4 is 5.32 Å². The van der Waals surface area contributed by atoms with E-state index in [1.165, 1.54) is 17.7 Å². The van der Waals surface area contributed by atoms with Crippen LogP contribution in [0.3, 0.4) is 0 Å². The van der Waals surface area contributed by atoms with Gasteiger partial charge in [-0.2, -0.15) is 10.6 Å². The quantitative estimate of drug-likeness (QED) is 0.156. The molecule has 7 rings (SSSR count). The lowest BCUT2D eigenvalue weighted by Crippen LogP contribution is -2.66. The Labute approximate surface area is 319 Å². The number of hydrogen-bond acceptors (Lipinski definition) is 5. The van der Waals surface area contributed by atoms with Gasteiger partial charge >= 0.3 is 5.97 Å². The molecule has 0 bridgehead atoms. The number of carbonyl (C=O) groups is 2. The van der Waals surface area contributed by atoms with E-state index in [2.05, 4.69) is 64.4 Å². The van der Waals surface area contributed by atoms with Crippen LogP contribution in [0.2, 0.25) is 0 Å². The van der Waals surface area contributed by atoms with Crippen LogP contribution in [0.25, 0.3) is 5.57 Å². The molecule has 0 aromatic heterocycles. The van der Waals surface area contributed by atoms with E-state index in [4.69, 9.17) is 0 Å². The van der Waals surface area contributed by atoms with E-state index in [1.807, 2.05) is 0 Å². The number of nitrogens with one attached hydrogen (secondary N) is 1. The Morgan fingerprint density at radius 1 is 0.962 bits per heavy atom. The zero-order valence-corrected chi connectivity index (χ0v) is 33.9. The predicted octanol–water partition coefficient (Wildman–Crippen LogP) is 9.75. The zero-order valence-electron chi connectivity index (χ0n) is 33.1. The molecule has 6 aliphatic rings. The standard InChI is InChI=1S/C44H65FN2O5S/c1-28(2)30-13-18-44(39(50)46-21-8-22-47-23-25-53(51,52)26-24-47)20-19-42(6)33(37(30)44)11-12-36-41(5)16-14-32(31-10-9-29(38(48)49)27-34(31)45)40(3,4)35(41)15-17-43(36,42)7/h9-10,14,27,30,33,35-37,51-52H,1,8,11-13,15-26H2,2-7H3,(H,46,50)(H,48,49)/t30-,33+,35-,36+,37+,41-,42+,43+,44-/m0/s1. The van der Waals surface area contributed by atoms with Crippen molar-refractivity contribution in [3.8, 4) is 0 Å². The zero-order chi connectivity index (χ0) is 38.4. The second-order valence-corrected chi connectivity index (χ2v) is 22.0. The van der Waals surface area contributed by atoms with E-state index in [0.29, 0.717) is 66.3 Å². The third kappa shape index (κ3) is 6.08. The maximum Gasteiger partial charge on any atom is 0.335 e. The first-order chi connectivity index (χ1) is 24.8. The minimum Gasteiger partial charge on any atom is -0.478 e. The number of nitrogens with zero attached hydrogens (tertiary/aromatic N) is 1. The second kappa shape index (κ2) is 13.5. The molecule has 1 aliphatic heterocycles. The van der Waals surface area contributed by atoms with Crippen LogP contribution in [0.5, 0.6) is 0 Å². The van der Waals surface area contributed by atoms with Gasteiger partial charge < -0.3 is 15.3 Å². The molecule has 9 atom stereocenters. The Morgan fingerprint density at radius 3 is 2.34 bits per heavy atom. The summed E-state index contributed by atoms with van der Waals surface area (Å²) in [5.41, 5.74) is 2.37. The average Bonchev–Trinajstić information content (AvgIpc) is 3.49. The molecule has 9 heteroatoms. The van der Waals surface area contributed by atoms with Gasteiger partial charge in [0.15, 0.2) is 0 Å². The van der Waals surface area contributed by atoms with Gasteiger partial charge in [-0.3, -0.25) is 13.9 Å². The molecule has 5 aliphatic carbocycles. The first kappa shape index (κ1) is 39.1. The second-order valence-electron chi connectivity index (χ2n) is 19.5. The number of carbonyl (C=O) groups excluding carboxylic acids is 1. The molecule has 0 unspecified atom stereocenters. The van der Waals surface area contributed by atoms with E-state index in [-0.39, 0.29) is 38.5 Å². The van der Waals surface area contributed by atoms with Crippen molar-refractivity contribution in [2.75, 3.05) is 37.7 Å². The number of benzene rings is 1. The number of aromatic carboxylic acids is 1. The predicted molar refractivity (Wildman–Crippen MR) is 212 cm³/mol. The minimum atomic E-state index is -2.41. The summed E-state index contributed by atoms with van der Waals surface area (Å²) in [7, 11) is -2.41. The number of carboxylic acids is 1. The fraction of sp³-hybridized carbons (Fsp3) is 0.727. The summed E-state index contributed by atoms with van der Waals surface area (Å²) in [6.07, 6.45) is 12.5. The van der Waals surface area contributed by atoms with Gasteiger partial charge in [-0.15, -0.1) is 0 Å². The molecule has 0 radical (unpaired) electrons. The smallest absolute Gasteiger partial charge is 0.335 e. The molecule has 4 saturated carbocycles. The first-order valence-electron chi connectivity index (χ1n) is 20.4. The van der Waals surface area contributed by atoms with Crippen molar-refractivity contribution < 1.29 is 28.2 Å². The highest BCUT2D eigenvalue weighted by Crippen LogP contribution is 2.77. The summed E-state index contributed by atoms with van der Waals surface area (Å²) in [5, 5.41) is 12.9. The third-order valence-electron chi connectivity index (χ3n) is 17.0. The molecule has 53 heavy (non-hydrogen) atoms.